The summed E-state index contributed by atoms with van der Waals surface area (Å²) < 4.78 is 215. The lowest BCUT2D eigenvalue weighted by Crippen LogP contribution is -2.11. The quantitative estimate of drug-likeness (QED) is 0.161. The molecule has 0 saturated heterocycles. The topological polar surface area (TPSA) is 57.4 Å². The predicted molar refractivity (Wildman–Crippen MR) is 246 cm³/mol. The summed E-state index contributed by atoms with van der Waals surface area (Å²) in [5.41, 5.74) is -8.04. The van der Waals surface area contributed by atoms with Crippen molar-refractivity contribution in [1.29, 1.82) is 10.5 Å². The highest BCUT2D eigenvalue weighted by Crippen LogP contribution is 2.46. The summed E-state index contributed by atoms with van der Waals surface area (Å²) >= 11 is 0. The van der Waals surface area contributed by atoms with Gasteiger partial charge in [-0.1, -0.05) is 48.5 Å². The summed E-state index contributed by atoms with van der Waals surface area (Å²) in [6.45, 7) is 0. The zero-order valence-corrected chi connectivity index (χ0v) is 36.9. The van der Waals surface area contributed by atoms with Gasteiger partial charge in [-0.3, -0.25) is 0 Å². The molecule has 4 nitrogen and oxygen atoms in total. The van der Waals surface area contributed by atoms with Crippen LogP contribution in [0.25, 0.3) is 88.4 Å². The number of halogens is 15. The van der Waals surface area contributed by atoms with Gasteiger partial charge in [-0.15, -0.1) is 0 Å². The van der Waals surface area contributed by atoms with Crippen LogP contribution in [0.15, 0.2) is 152 Å². The van der Waals surface area contributed by atoms with Crippen LogP contribution in [0.3, 0.4) is 0 Å². The molecule has 2 heterocycles. The third-order valence-corrected chi connectivity index (χ3v) is 12.6. The number of benzene rings is 8. The van der Waals surface area contributed by atoms with Crippen molar-refractivity contribution in [1.82, 2.24) is 9.13 Å². The molecular formula is C55H25F15N4. The number of aromatic nitrogens is 2. The van der Waals surface area contributed by atoms with Gasteiger partial charge >= 0.3 is 30.9 Å². The average molecular weight is 1030 g/mol. The Labute approximate surface area is 406 Å². The summed E-state index contributed by atoms with van der Waals surface area (Å²) in [4.78, 5) is 0. The monoisotopic (exact) mass is 1030 g/mol. The summed E-state index contributed by atoms with van der Waals surface area (Å²) in [7, 11) is 0. The van der Waals surface area contributed by atoms with Crippen molar-refractivity contribution in [3.63, 3.8) is 0 Å². The number of hydrogen-bond acceptors (Lipinski definition) is 2. The van der Waals surface area contributed by atoms with Crippen LogP contribution in [0.4, 0.5) is 65.9 Å². The maximum absolute atomic E-state index is 14.6. The fourth-order valence-electron chi connectivity index (χ4n) is 9.35. The zero-order chi connectivity index (χ0) is 53.0. The van der Waals surface area contributed by atoms with Gasteiger partial charge in [0.2, 0.25) is 0 Å². The van der Waals surface area contributed by atoms with Gasteiger partial charge in [-0.2, -0.15) is 76.4 Å². The van der Waals surface area contributed by atoms with Crippen molar-refractivity contribution in [3.05, 3.63) is 191 Å². The first-order valence-corrected chi connectivity index (χ1v) is 21.6. The Morgan fingerprint density at radius 1 is 0.311 bits per heavy atom. The number of rotatable bonds is 5. The molecule has 0 atom stereocenters. The van der Waals surface area contributed by atoms with Crippen molar-refractivity contribution in [3.8, 4) is 56.9 Å². The van der Waals surface area contributed by atoms with Gasteiger partial charge in [0, 0.05) is 27.1 Å². The van der Waals surface area contributed by atoms with E-state index >= 15 is 0 Å². The average Bonchev–Trinajstić information content (AvgIpc) is 3.86. The smallest absolute Gasteiger partial charge is 0.309 e. The highest BCUT2D eigenvalue weighted by Gasteiger charge is 2.39. The van der Waals surface area contributed by atoms with Crippen LogP contribution in [0.1, 0.15) is 38.9 Å². The van der Waals surface area contributed by atoms with Crippen molar-refractivity contribution >= 4 is 43.6 Å². The predicted octanol–water partition coefficient (Wildman–Crippen LogP) is 17.7. The molecule has 0 spiro atoms. The largest absolute Gasteiger partial charge is 0.416 e. The highest BCUT2D eigenvalue weighted by molar-refractivity contribution is 6.12. The maximum atomic E-state index is 14.6. The molecule has 370 valence electrons. The minimum atomic E-state index is -5.16. The van der Waals surface area contributed by atoms with Crippen molar-refractivity contribution < 1.29 is 65.9 Å². The second-order valence-corrected chi connectivity index (χ2v) is 17.2. The number of nitriles is 2. The second-order valence-electron chi connectivity index (χ2n) is 17.2. The first-order valence-electron chi connectivity index (χ1n) is 21.6. The second kappa shape index (κ2) is 16.9. The van der Waals surface area contributed by atoms with Crippen molar-refractivity contribution in [2.24, 2.45) is 0 Å². The Bertz CT molecular complexity index is 3970. The Kier molecular flexibility index (Phi) is 11.2. The summed E-state index contributed by atoms with van der Waals surface area (Å²) in [6.07, 6.45) is -25.6. The van der Waals surface area contributed by atoms with E-state index in [2.05, 4.69) is 6.07 Å². The number of para-hydroxylation sites is 2. The van der Waals surface area contributed by atoms with E-state index in [1.165, 1.54) is 63.7 Å². The number of fused-ring (bicyclic) bond motifs is 6. The molecule has 0 bridgehead atoms. The fraction of sp³-hybridized carbons (Fsp3) is 0.0909. The van der Waals surface area contributed by atoms with E-state index in [-0.39, 0.29) is 73.1 Å². The molecule has 19 heteroatoms. The normalized spacial score (nSPS) is 12.8. The lowest BCUT2D eigenvalue weighted by Gasteiger charge is -2.20. The van der Waals surface area contributed by atoms with E-state index in [1.807, 2.05) is 0 Å². The van der Waals surface area contributed by atoms with Crippen LogP contribution >= 0.6 is 0 Å². The highest BCUT2D eigenvalue weighted by atomic mass is 19.4. The summed E-state index contributed by atoms with van der Waals surface area (Å²) in [5.74, 6) is 0. The van der Waals surface area contributed by atoms with Crippen LogP contribution in [0.2, 0.25) is 0 Å². The molecule has 0 saturated carbocycles. The Morgan fingerprint density at radius 3 is 1.09 bits per heavy atom. The molecule has 0 aliphatic carbocycles. The lowest BCUT2D eigenvalue weighted by atomic mass is 9.95. The molecule has 2 aromatic heterocycles. The van der Waals surface area contributed by atoms with E-state index in [0.29, 0.717) is 52.1 Å². The van der Waals surface area contributed by atoms with Crippen LogP contribution in [0, 0.1) is 22.7 Å². The molecule has 0 aliphatic heterocycles. The third kappa shape index (κ3) is 8.57. The van der Waals surface area contributed by atoms with Crippen LogP contribution in [-0.4, -0.2) is 9.13 Å². The Morgan fingerprint density at radius 2 is 0.689 bits per heavy atom. The molecule has 0 radical (unpaired) electrons. The van der Waals surface area contributed by atoms with E-state index in [1.54, 1.807) is 54.6 Å². The molecule has 10 rings (SSSR count). The zero-order valence-electron chi connectivity index (χ0n) is 36.9. The van der Waals surface area contributed by atoms with E-state index in [9.17, 15) is 76.4 Å². The standard InChI is InChI=1S/C55H25F15N4/c56-51(57,58)35-14-28(26-71)13-33(19-35)42-25-49(73-45-7-3-1-5-40(45)43-20-29(9-11-47(43)73)31-15-36(52(59,60)61)23-37(16-31)53(62,63)64)34(27-72)22-50(42)74-46-8-4-2-6-41(46)44-21-30(10-12-48(44)74)32-17-38(54(65,66)67)24-39(18-32)55(68,69)70/h1-25H. The van der Waals surface area contributed by atoms with Gasteiger partial charge in [-0.05, 0) is 131 Å². The fourth-order valence-corrected chi connectivity index (χ4v) is 9.35. The molecule has 0 amide bonds. The van der Waals surface area contributed by atoms with E-state index in [4.69, 9.17) is 0 Å². The van der Waals surface area contributed by atoms with E-state index < -0.39 is 75.4 Å². The van der Waals surface area contributed by atoms with E-state index in [0.717, 1.165) is 6.07 Å². The maximum Gasteiger partial charge on any atom is 0.416 e. The SMILES string of the molecule is N#Cc1cc(-c2cc(-n3c4ccccc4c4cc(-c5cc(C(F)(F)F)cc(C(F)(F)F)c5)ccc43)c(C#N)cc2-n2c3ccccc3c3cc(-c4cc(C(F)(F)F)cc(C(F)(F)F)c4)ccc32)cc(C(F)(F)F)c1. The molecule has 0 fully saturated rings. The Balaban J connectivity index is 1.26. The molecule has 8 aromatic carbocycles. The van der Waals surface area contributed by atoms with Gasteiger partial charge in [0.1, 0.15) is 6.07 Å². The molecule has 0 N–H and O–H groups in total. The minimum absolute atomic E-state index is 0.00407. The molecule has 0 aliphatic rings. The van der Waals surface area contributed by atoms with Crippen LogP contribution < -0.4 is 0 Å². The van der Waals surface area contributed by atoms with Gasteiger partial charge in [0.15, 0.2) is 0 Å². The Hall–Kier alpha value is -8.71. The number of nitrogens with zero attached hydrogens (tertiary/aromatic N) is 4. The van der Waals surface area contributed by atoms with Crippen LogP contribution in [0.5, 0.6) is 0 Å². The first-order chi connectivity index (χ1) is 34.7. The van der Waals surface area contributed by atoms with Crippen molar-refractivity contribution in [2.75, 3.05) is 0 Å². The van der Waals surface area contributed by atoms with Gasteiger partial charge in [0.05, 0.1) is 78.5 Å². The van der Waals surface area contributed by atoms with Gasteiger partial charge < -0.3 is 9.13 Å². The molecule has 74 heavy (non-hydrogen) atoms. The molecule has 0 unspecified atom stereocenters. The third-order valence-electron chi connectivity index (χ3n) is 12.6. The summed E-state index contributed by atoms with van der Waals surface area (Å²) in [6, 6.07) is 32.3. The summed E-state index contributed by atoms with van der Waals surface area (Å²) in [5, 5.41) is 22.3. The van der Waals surface area contributed by atoms with Gasteiger partial charge in [-0.25, -0.2) is 0 Å². The lowest BCUT2D eigenvalue weighted by molar-refractivity contribution is -0.144. The van der Waals surface area contributed by atoms with Gasteiger partial charge in [0.25, 0.3) is 0 Å². The molecular weight excluding hydrogens is 1000 g/mol. The van der Waals surface area contributed by atoms with Crippen molar-refractivity contribution in [2.45, 2.75) is 30.9 Å². The number of alkyl halides is 15. The molecule has 10 aromatic rings. The first kappa shape index (κ1) is 48.9. The number of hydrogen-bond donors (Lipinski definition) is 0. The van der Waals surface area contributed by atoms with Crippen LogP contribution in [-0.2, 0) is 30.9 Å². The minimum Gasteiger partial charge on any atom is -0.309 e.